The molecular weight excluding hydrogens is 221 g/mol. The fourth-order valence-electron chi connectivity index (χ4n) is 2.23. The normalized spacial score (nSPS) is 30.3. The molecule has 1 nitrogen and oxygen atoms in total. The van der Waals surface area contributed by atoms with E-state index in [1.807, 2.05) is 17.8 Å². The predicted octanol–water partition coefficient (Wildman–Crippen LogP) is 3.20. The van der Waals surface area contributed by atoms with Crippen molar-refractivity contribution in [3.8, 4) is 0 Å². The van der Waals surface area contributed by atoms with Crippen LogP contribution in [0.15, 0.2) is 24.3 Å². The van der Waals surface area contributed by atoms with Gasteiger partial charge in [0.2, 0.25) is 0 Å². The van der Waals surface area contributed by atoms with E-state index in [4.69, 9.17) is 0 Å². The van der Waals surface area contributed by atoms with E-state index < -0.39 is 0 Å². The number of halogens is 1. The summed E-state index contributed by atoms with van der Waals surface area (Å²) in [5.41, 5.74) is 1.07. The number of thioether (sulfide) groups is 1. The minimum atomic E-state index is -0.144. The average molecular weight is 239 g/mol. The third kappa shape index (κ3) is 2.98. The summed E-state index contributed by atoms with van der Waals surface area (Å²) in [4.78, 5) is 0.0471. The maximum atomic E-state index is 13.1. The van der Waals surface area contributed by atoms with Crippen LogP contribution >= 0.6 is 11.8 Å². The molecule has 1 heterocycles. The van der Waals surface area contributed by atoms with Gasteiger partial charge in [0.05, 0.1) is 4.87 Å². The third-order valence-corrected chi connectivity index (χ3v) is 4.39. The second-order valence-electron chi connectivity index (χ2n) is 4.68. The van der Waals surface area contributed by atoms with Crippen LogP contribution in [0, 0.1) is 5.82 Å². The zero-order chi connectivity index (χ0) is 11.6. The Morgan fingerprint density at radius 2 is 2.38 bits per heavy atom. The van der Waals surface area contributed by atoms with Crippen LogP contribution in [0.1, 0.15) is 25.8 Å². The Morgan fingerprint density at radius 3 is 3.06 bits per heavy atom. The summed E-state index contributed by atoms with van der Waals surface area (Å²) >= 11 is 1.96. The molecule has 2 rings (SSSR count). The molecule has 0 saturated carbocycles. The molecule has 1 saturated heterocycles. The maximum absolute atomic E-state index is 13.1. The highest BCUT2D eigenvalue weighted by Gasteiger charge is 2.30. The Kier molecular flexibility index (Phi) is 3.55. The summed E-state index contributed by atoms with van der Waals surface area (Å²) in [6.45, 7) is 5.52. The minimum Gasteiger partial charge on any atom is -0.303 e. The molecule has 1 aromatic rings. The van der Waals surface area contributed by atoms with Gasteiger partial charge in [-0.3, -0.25) is 0 Å². The summed E-state index contributed by atoms with van der Waals surface area (Å²) in [6.07, 6.45) is 2.09. The predicted molar refractivity (Wildman–Crippen MR) is 68.2 cm³/mol. The molecule has 0 aromatic heterocycles. The molecule has 3 heteroatoms. The highest BCUT2D eigenvalue weighted by atomic mass is 32.2. The highest BCUT2D eigenvalue weighted by Crippen LogP contribution is 2.34. The molecule has 2 unspecified atom stereocenters. The van der Waals surface area contributed by atoms with Gasteiger partial charge in [-0.15, -0.1) is 11.8 Å². The van der Waals surface area contributed by atoms with Crippen LogP contribution in [0.3, 0.4) is 0 Å². The standard InChI is InChI=1S/C13H18FNS/c1-10-6-7-15-13(2,16-10)9-11-4-3-5-12(14)8-11/h3-5,8,10,15H,6-7,9H2,1-2H3. The summed E-state index contributed by atoms with van der Waals surface area (Å²) in [5.74, 6) is -0.144. The number of hydrogen-bond donors (Lipinski definition) is 1. The number of benzene rings is 1. The van der Waals surface area contributed by atoms with E-state index in [9.17, 15) is 4.39 Å². The summed E-state index contributed by atoms with van der Waals surface area (Å²) in [7, 11) is 0. The van der Waals surface area contributed by atoms with Crippen molar-refractivity contribution < 1.29 is 4.39 Å². The fraction of sp³-hybridized carbons (Fsp3) is 0.538. The molecule has 1 N–H and O–H groups in total. The quantitative estimate of drug-likeness (QED) is 0.850. The van der Waals surface area contributed by atoms with Crippen molar-refractivity contribution in [1.82, 2.24) is 5.32 Å². The molecule has 0 radical (unpaired) electrons. The first kappa shape index (κ1) is 11.9. The van der Waals surface area contributed by atoms with E-state index in [1.54, 1.807) is 12.1 Å². The van der Waals surface area contributed by atoms with Crippen LogP contribution in [0.5, 0.6) is 0 Å². The van der Waals surface area contributed by atoms with Crippen molar-refractivity contribution in [2.45, 2.75) is 36.8 Å². The van der Waals surface area contributed by atoms with Crippen LogP contribution in [0.2, 0.25) is 0 Å². The van der Waals surface area contributed by atoms with Crippen LogP contribution in [-0.2, 0) is 6.42 Å². The summed E-state index contributed by atoms with van der Waals surface area (Å²) in [6, 6.07) is 6.91. The van der Waals surface area contributed by atoms with Crippen molar-refractivity contribution in [1.29, 1.82) is 0 Å². The molecule has 1 fully saturated rings. The van der Waals surface area contributed by atoms with Crippen molar-refractivity contribution in [2.24, 2.45) is 0 Å². The zero-order valence-corrected chi connectivity index (χ0v) is 10.6. The van der Waals surface area contributed by atoms with Gasteiger partial charge in [0.15, 0.2) is 0 Å². The van der Waals surface area contributed by atoms with Gasteiger partial charge in [0.1, 0.15) is 5.82 Å². The number of rotatable bonds is 2. The van der Waals surface area contributed by atoms with Gasteiger partial charge < -0.3 is 5.32 Å². The molecule has 2 atom stereocenters. The van der Waals surface area contributed by atoms with Crippen LogP contribution in [-0.4, -0.2) is 16.7 Å². The average Bonchev–Trinajstić information content (AvgIpc) is 2.16. The van der Waals surface area contributed by atoms with Gasteiger partial charge in [-0.05, 0) is 44.0 Å². The smallest absolute Gasteiger partial charge is 0.123 e. The van der Waals surface area contributed by atoms with E-state index in [-0.39, 0.29) is 10.7 Å². The third-order valence-electron chi connectivity index (χ3n) is 2.94. The van der Waals surface area contributed by atoms with E-state index in [1.165, 1.54) is 12.5 Å². The first-order valence-corrected chi connectivity index (χ1v) is 6.63. The largest absolute Gasteiger partial charge is 0.303 e. The minimum absolute atomic E-state index is 0.0471. The summed E-state index contributed by atoms with van der Waals surface area (Å²) < 4.78 is 13.1. The Morgan fingerprint density at radius 1 is 1.56 bits per heavy atom. The van der Waals surface area contributed by atoms with E-state index in [2.05, 4.69) is 19.2 Å². The molecule has 1 aliphatic rings. The lowest BCUT2D eigenvalue weighted by Crippen LogP contribution is -2.47. The lowest BCUT2D eigenvalue weighted by Gasteiger charge is -2.37. The molecule has 1 aliphatic heterocycles. The fourth-order valence-corrected chi connectivity index (χ4v) is 3.78. The van der Waals surface area contributed by atoms with Crippen molar-refractivity contribution >= 4 is 11.8 Å². The van der Waals surface area contributed by atoms with Crippen molar-refractivity contribution in [2.75, 3.05) is 6.54 Å². The maximum Gasteiger partial charge on any atom is 0.123 e. The Bertz CT molecular complexity index is 369. The monoisotopic (exact) mass is 239 g/mol. The molecule has 88 valence electrons. The Balaban J connectivity index is 2.08. The molecule has 0 bridgehead atoms. The first-order valence-electron chi connectivity index (χ1n) is 5.75. The second-order valence-corrected chi connectivity index (χ2v) is 6.62. The lowest BCUT2D eigenvalue weighted by atomic mass is 10.1. The van der Waals surface area contributed by atoms with Crippen LogP contribution in [0.4, 0.5) is 4.39 Å². The SMILES string of the molecule is CC1CCNC(C)(Cc2cccc(F)c2)S1. The second kappa shape index (κ2) is 4.76. The number of nitrogens with one attached hydrogen (secondary N) is 1. The van der Waals surface area contributed by atoms with Gasteiger partial charge in [-0.25, -0.2) is 4.39 Å². The van der Waals surface area contributed by atoms with Gasteiger partial charge in [0, 0.05) is 5.25 Å². The number of hydrogen-bond acceptors (Lipinski definition) is 2. The van der Waals surface area contributed by atoms with Crippen molar-refractivity contribution in [3.63, 3.8) is 0 Å². The molecule has 0 spiro atoms. The Labute approximate surface area is 101 Å². The molecule has 0 amide bonds. The Hall–Kier alpha value is -0.540. The van der Waals surface area contributed by atoms with Gasteiger partial charge in [0.25, 0.3) is 0 Å². The van der Waals surface area contributed by atoms with E-state index >= 15 is 0 Å². The molecule has 0 aliphatic carbocycles. The van der Waals surface area contributed by atoms with Crippen molar-refractivity contribution in [3.05, 3.63) is 35.6 Å². The van der Waals surface area contributed by atoms with E-state index in [0.29, 0.717) is 5.25 Å². The molecular formula is C13H18FNS. The highest BCUT2D eigenvalue weighted by molar-refractivity contribution is 8.01. The molecule has 1 aromatic carbocycles. The van der Waals surface area contributed by atoms with Crippen LogP contribution in [0.25, 0.3) is 0 Å². The first-order chi connectivity index (χ1) is 7.57. The van der Waals surface area contributed by atoms with E-state index in [0.717, 1.165) is 18.5 Å². The summed E-state index contributed by atoms with van der Waals surface area (Å²) in [5, 5.41) is 4.21. The van der Waals surface area contributed by atoms with Gasteiger partial charge in [-0.1, -0.05) is 19.1 Å². The molecule has 16 heavy (non-hydrogen) atoms. The lowest BCUT2D eigenvalue weighted by molar-refractivity contribution is 0.466. The van der Waals surface area contributed by atoms with Crippen LogP contribution < -0.4 is 5.32 Å². The van der Waals surface area contributed by atoms with Gasteiger partial charge >= 0.3 is 0 Å². The topological polar surface area (TPSA) is 12.0 Å². The zero-order valence-electron chi connectivity index (χ0n) is 9.79. The van der Waals surface area contributed by atoms with Gasteiger partial charge in [-0.2, -0.15) is 0 Å².